The van der Waals surface area contributed by atoms with Crippen LogP contribution in [-0.2, 0) is 0 Å². The molecule has 2 aliphatic heterocycles. The minimum Gasteiger partial charge on any atom is -0.492 e. The Morgan fingerprint density at radius 1 is 1.03 bits per heavy atom. The normalized spacial score (nSPS) is 17.6. The molecule has 9 heteroatoms. The van der Waals surface area contributed by atoms with Crippen LogP contribution in [-0.4, -0.2) is 64.1 Å². The Morgan fingerprint density at radius 2 is 1.95 bits per heavy atom. The van der Waals surface area contributed by atoms with E-state index in [1.165, 1.54) is 24.5 Å². The van der Waals surface area contributed by atoms with E-state index >= 15 is 0 Å². The number of likely N-dealkylation sites (tertiary alicyclic amines) is 1. The van der Waals surface area contributed by atoms with Gasteiger partial charge < -0.3 is 15.1 Å². The lowest BCUT2D eigenvalue weighted by molar-refractivity contribution is 0.237. The highest BCUT2D eigenvalue weighted by Crippen LogP contribution is 2.35. The minimum absolute atomic E-state index is 0.234. The molecule has 38 heavy (non-hydrogen) atoms. The van der Waals surface area contributed by atoms with Gasteiger partial charge >= 0.3 is 0 Å². The zero-order valence-corrected chi connectivity index (χ0v) is 20.9. The van der Waals surface area contributed by atoms with Gasteiger partial charge in [-0.25, -0.2) is 9.37 Å². The van der Waals surface area contributed by atoms with Crippen molar-refractivity contribution < 1.29 is 9.13 Å². The number of rotatable bonds is 7. The third-order valence-corrected chi connectivity index (χ3v) is 7.52. The quantitative estimate of drug-likeness (QED) is 0.285. The van der Waals surface area contributed by atoms with Gasteiger partial charge in [-0.05, 0) is 79.0 Å². The maximum atomic E-state index is 14.7. The third-order valence-electron chi connectivity index (χ3n) is 7.52. The molecule has 0 saturated carbocycles. The summed E-state index contributed by atoms with van der Waals surface area (Å²) in [5.74, 6) is 0.448. The van der Waals surface area contributed by atoms with Crippen molar-refractivity contribution in [3.05, 3.63) is 66.1 Å². The van der Waals surface area contributed by atoms with E-state index in [4.69, 9.17) is 4.74 Å². The van der Waals surface area contributed by atoms with Gasteiger partial charge in [0.1, 0.15) is 29.5 Å². The zero-order chi connectivity index (χ0) is 25.5. The van der Waals surface area contributed by atoms with E-state index in [0.29, 0.717) is 12.4 Å². The maximum absolute atomic E-state index is 14.7. The highest BCUT2D eigenvalue weighted by Gasteiger charge is 2.18. The maximum Gasteiger partial charge on any atom is 0.138 e. The van der Waals surface area contributed by atoms with E-state index in [-0.39, 0.29) is 11.7 Å². The van der Waals surface area contributed by atoms with Crippen molar-refractivity contribution in [2.75, 3.05) is 32.8 Å². The van der Waals surface area contributed by atoms with Gasteiger partial charge in [0.25, 0.3) is 0 Å². The Labute approximate surface area is 218 Å². The van der Waals surface area contributed by atoms with Gasteiger partial charge in [0.05, 0.1) is 11.2 Å². The number of hydrazone groups is 1. The number of hydrogen-bond acceptors (Lipinski definition) is 6. The van der Waals surface area contributed by atoms with Crippen LogP contribution < -0.4 is 10.2 Å². The van der Waals surface area contributed by atoms with Crippen LogP contribution in [0.15, 0.2) is 59.8 Å². The molecule has 0 bridgehead atoms. The molecule has 1 atom stereocenters. The van der Waals surface area contributed by atoms with Crippen molar-refractivity contribution in [1.82, 2.24) is 30.5 Å². The van der Waals surface area contributed by atoms with Crippen molar-refractivity contribution in [2.24, 2.45) is 5.10 Å². The fourth-order valence-corrected chi connectivity index (χ4v) is 5.52. The van der Waals surface area contributed by atoms with Crippen molar-refractivity contribution in [3.8, 4) is 28.3 Å². The predicted octanol–water partition coefficient (Wildman–Crippen LogP) is 5.06. The van der Waals surface area contributed by atoms with Crippen LogP contribution >= 0.6 is 0 Å². The summed E-state index contributed by atoms with van der Waals surface area (Å²) < 4.78 is 20.6. The second-order valence-electron chi connectivity index (χ2n) is 10.0. The van der Waals surface area contributed by atoms with Crippen LogP contribution in [0.5, 0.6) is 5.75 Å². The summed E-state index contributed by atoms with van der Waals surface area (Å²) in [6, 6.07) is 15.2. The summed E-state index contributed by atoms with van der Waals surface area (Å²) in [5, 5.41) is 13.8. The molecule has 0 amide bonds. The van der Waals surface area contributed by atoms with Crippen LogP contribution in [0.3, 0.4) is 0 Å². The summed E-state index contributed by atoms with van der Waals surface area (Å²) in [5.41, 5.74) is 9.18. The van der Waals surface area contributed by atoms with E-state index in [1.54, 1.807) is 12.3 Å². The number of H-pyrrole nitrogens is 2. The number of nitrogens with zero attached hydrogens (tertiary/aromatic N) is 4. The number of ether oxygens (including phenoxy) is 1. The molecule has 0 spiro atoms. The SMILES string of the molecule is Fc1cc(OCCN2CCCC2)cc(-c2ccnc3[nH]c(-c4n[nH]c5ccc(C6C=NNC6)cc45)cc23)c1. The van der Waals surface area contributed by atoms with Crippen molar-refractivity contribution in [1.29, 1.82) is 0 Å². The summed E-state index contributed by atoms with van der Waals surface area (Å²) in [6.45, 7) is 4.41. The van der Waals surface area contributed by atoms with Gasteiger partial charge in [-0.15, -0.1) is 0 Å². The number of nitrogens with one attached hydrogen (secondary N) is 3. The second kappa shape index (κ2) is 9.57. The summed E-state index contributed by atoms with van der Waals surface area (Å²) in [7, 11) is 0. The second-order valence-corrected chi connectivity index (χ2v) is 10.0. The molecule has 7 rings (SSSR count). The molecule has 0 radical (unpaired) electrons. The molecule has 1 saturated heterocycles. The number of halogens is 1. The van der Waals surface area contributed by atoms with Gasteiger partial charge in [0.2, 0.25) is 0 Å². The highest BCUT2D eigenvalue weighted by molar-refractivity contribution is 6.00. The molecule has 2 aliphatic rings. The van der Waals surface area contributed by atoms with Crippen LogP contribution in [0.1, 0.15) is 24.3 Å². The Hall–Kier alpha value is -4.24. The minimum atomic E-state index is -0.324. The van der Waals surface area contributed by atoms with E-state index in [1.807, 2.05) is 24.4 Å². The summed E-state index contributed by atoms with van der Waals surface area (Å²) in [6.07, 6.45) is 6.15. The van der Waals surface area contributed by atoms with E-state index in [2.05, 4.69) is 53.8 Å². The fraction of sp³-hybridized carbons (Fsp3) is 0.276. The predicted molar refractivity (Wildman–Crippen MR) is 147 cm³/mol. The van der Waals surface area contributed by atoms with Crippen LogP contribution in [0.25, 0.3) is 44.5 Å². The number of aromatic nitrogens is 4. The Kier molecular flexibility index (Phi) is 5.77. The fourth-order valence-electron chi connectivity index (χ4n) is 5.52. The number of benzene rings is 2. The van der Waals surface area contributed by atoms with E-state index in [0.717, 1.165) is 70.6 Å². The monoisotopic (exact) mass is 509 g/mol. The molecule has 1 fully saturated rings. The standard InChI is InChI=1S/C29H28FN7O/c30-21-11-19(12-22(14-21)38-10-9-37-7-1-2-8-37)23-5-6-31-29-24(23)15-27(34-29)28-25-13-18(20-16-32-33-17-20)3-4-26(25)35-36-28/h3-6,11-16,20,33H,1-2,7-10,17H2,(H,31,34)(H,35,36). The molecule has 1 unspecified atom stereocenters. The molecule has 3 N–H and O–H groups in total. The van der Waals surface area contributed by atoms with Crippen LogP contribution in [0.4, 0.5) is 4.39 Å². The molecule has 8 nitrogen and oxygen atoms in total. The lowest BCUT2D eigenvalue weighted by Crippen LogP contribution is -2.25. The largest absolute Gasteiger partial charge is 0.492 e. The Balaban J connectivity index is 1.22. The molecule has 192 valence electrons. The number of fused-ring (bicyclic) bond motifs is 2. The van der Waals surface area contributed by atoms with Crippen LogP contribution in [0.2, 0.25) is 0 Å². The summed E-state index contributed by atoms with van der Waals surface area (Å²) in [4.78, 5) is 10.4. The summed E-state index contributed by atoms with van der Waals surface area (Å²) >= 11 is 0. The van der Waals surface area contributed by atoms with Crippen molar-refractivity contribution >= 4 is 28.2 Å². The average Bonchev–Trinajstić information content (AvgIpc) is 3.73. The van der Waals surface area contributed by atoms with Crippen molar-refractivity contribution in [3.63, 3.8) is 0 Å². The third kappa shape index (κ3) is 4.28. The van der Waals surface area contributed by atoms with Crippen LogP contribution in [0, 0.1) is 5.82 Å². The van der Waals surface area contributed by atoms with E-state index in [9.17, 15) is 4.39 Å². The topological polar surface area (TPSA) is 94.2 Å². The number of pyridine rings is 1. The Bertz CT molecular complexity index is 1650. The first-order chi connectivity index (χ1) is 18.7. The Morgan fingerprint density at radius 3 is 2.82 bits per heavy atom. The number of hydrogen-bond donors (Lipinski definition) is 3. The van der Waals surface area contributed by atoms with Gasteiger partial charge in [-0.1, -0.05) is 6.07 Å². The first-order valence-electron chi connectivity index (χ1n) is 13.1. The molecule has 3 aromatic heterocycles. The molecular weight excluding hydrogens is 481 g/mol. The first-order valence-corrected chi connectivity index (χ1v) is 13.1. The molecule has 5 heterocycles. The molecule has 5 aromatic rings. The molecule has 2 aromatic carbocycles. The molecule has 0 aliphatic carbocycles. The smallest absolute Gasteiger partial charge is 0.138 e. The van der Waals surface area contributed by atoms with Gasteiger partial charge in [-0.2, -0.15) is 10.2 Å². The number of aromatic amines is 2. The van der Waals surface area contributed by atoms with Gasteiger partial charge in [0.15, 0.2) is 0 Å². The highest BCUT2D eigenvalue weighted by atomic mass is 19.1. The lowest BCUT2D eigenvalue weighted by atomic mass is 9.98. The van der Waals surface area contributed by atoms with Gasteiger partial charge in [-0.3, -0.25) is 10.00 Å². The van der Waals surface area contributed by atoms with Crippen molar-refractivity contribution in [2.45, 2.75) is 18.8 Å². The average molecular weight is 510 g/mol. The van der Waals surface area contributed by atoms with E-state index < -0.39 is 0 Å². The zero-order valence-electron chi connectivity index (χ0n) is 20.9. The first kappa shape index (κ1) is 22.9. The van der Waals surface area contributed by atoms with Gasteiger partial charge in [0, 0.05) is 48.3 Å². The molecular formula is C29H28FN7O. The lowest BCUT2D eigenvalue weighted by Gasteiger charge is -2.15.